The highest BCUT2D eigenvalue weighted by molar-refractivity contribution is 6.07. The standard InChI is InChI=1S/C20H21N3O6/c1-10-6-14(12(3)23(10)17-7-11(2)29-22-17)19(24)21-15-8-13(20(25)26)9-16(27-4)18(15)28-5/h6-9H,1-5H3,(H,21,24)(H,25,26). The van der Waals surface area contributed by atoms with Crippen LogP contribution in [0.1, 0.15) is 37.9 Å². The zero-order valence-electron chi connectivity index (χ0n) is 16.7. The van der Waals surface area contributed by atoms with Crippen LogP contribution >= 0.6 is 0 Å². The Morgan fingerprint density at radius 2 is 1.83 bits per heavy atom. The van der Waals surface area contributed by atoms with Gasteiger partial charge >= 0.3 is 5.97 Å². The molecule has 0 aliphatic rings. The number of aromatic carboxylic acids is 1. The second-order valence-corrected chi connectivity index (χ2v) is 6.43. The van der Waals surface area contributed by atoms with Gasteiger partial charge in [0.25, 0.3) is 5.91 Å². The lowest BCUT2D eigenvalue weighted by atomic mass is 10.1. The third-order valence-electron chi connectivity index (χ3n) is 4.49. The van der Waals surface area contributed by atoms with Crippen LogP contribution < -0.4 is 14.8 Å². The van der Waals surface area contributed by atoms with Gasteiger partial charge in [0.2, 0.25) is 0 Å². The monoisotopic (exact) mass is 399 g/mol. The van der Waals surface area contributed by atoms with Crippen LogP contribution in [0, 0.1) is 20.8 Å². The number of rotatable bonds is 6. The van der Waals surface area contributed by atoms with E-state index >= 15 is 0 Å². The highest BCUT2D eigenvalue weighted by Gasteiger charge is 2.22. The normalized spacial score (nSPS) is 10.7. The van der Waals surface area contributed by atoms with Crippen molar-refractivity contribution in [1.29, 1.82) is 0 Å². The van der Waals surface area contributed by atoms with E-state index in [1.807, 2.05) is 6.92 Å². The van der Waals surface area contributed by atoms with Crippen LogP contribution in [0.3, 0.4) is 0 Å². The number of benzene rings is 1. The summed E-state index contributed by atoms with van der Waals surface area (Å²) >= 11 is 0. The van der Waals surface area contributed by atoms with Gasteiger partial charge < -0.3 is 24.4 Å². The number of hydrogen-bond donors (Lipinski definition) is 2. The first kappa shape index (κ1) is 20.0. The van der Waals surface area contributed by atoms with Gasteiger partial charge in [-0.05, 0) is 39.0 Å². The lowest BCUT2D eigenvalue weighted by Crippen LogP contribution is -2.15. The van der Waals surface area contributed by atoms with Crippen molar-refractivity contribution in [2.24, 2.45) is 0 Å². The molecule has 0 unspecified atom stereocenters. The Hall–Kier alpha value is -3.75. The molecule has 2 N–H and O–H groups in total. The van der Waals surface area contributed by atoms with Crippen LogP contribution in [0.2, 0.25) is 0 Å². The summed E-state index contributed by atoms with van der Waals surface area (Å²) in [6.07, 6.45) is 0. The molecular weight excluding hydrogens is 378 g/mol. The summed E-state index contributed by atoms with van der Waals surface area (Å²) in [7, 11) is 2.80. The van der Waals surface area contributed by atoms with Crippen molar-refractivity contribution in [1.82, 2.24) is 9.72 Å². The van der Waals surface area contributed by atoms with E-state index in [9.17, 15) is 14.7 Å². The molecule has 0 radical (unpaired) electrons. The Kier molecular flexibility index (Phi) is 5.31. The van der Waals surface area contributed by atoms with Gasteiger partial charge in [-0.25, -0.2) is 4.79 Å². The van der Waals surface area contributed by atoms with Gasteiger partial charge in [0.05, 0.1) is 31.0 Å². The summed E-state index contributed by atoms with van der Waals surface area (Å²) in [4.78, 5) is 24.4. The molecule has 0 fully saturated rings. The van der Waals surface area contributed by atoms with Gasteiger partial charge in [0, 0.05) is 17.5 Å². The number of aromatic nitrogens is 2. The minimum atomic E-state index is -1.15. The van der Waals surface area contributed by atoms with Crippen LogP contribution in [0.15, 0.2) is 28.8 Å². The van der Waals surface area contributed by atoms with Gasteiger partial charge in [0.15, 0.2) is 17.3 Å². The average Bonchev–Trinajstić information content (AvgIpc) is 3.23. The molecular formula is C20H21N3O6. The molecule has 3 aromatic rings. The third-order valence-corrected chi connectivity index (χ3v) is 4.49. The Morgan fingerprint density at radius 3 is 2.38 bits per heavy atom. The minimum Gasteiger partial charge on any atom is -0.493 e. The van der Waals surface area contributed by atoms with Crippen molar-refractivity contribution < 1.29 is 28.7 Å². The van der Waals surface area contributed by atoms with E-state index in [1.165, 1.54) is 26.4 Å². The zero-order chi connectivity index (χ0) is 21.3. The Labute approximate surface area is 166 Å². The fourth-order valence-corrected chi connectivity index (χ4v) is 3.17. The van der Waals surface area contributed by atoms with E-state index in [2.05, 4.69) is 10.5 Å². The number of methoxy groups -OCH3 is 2. The quantitative estimate of drug-likeness (QED) is 0.653. The summed E-state index contributed by atoms with van der Waals surface area (Å²) in [6, 6.07) is 6.14. The number of carbonyl (C=O) groups is 2. The van der Waals surface area contributed by atoms with E-state index in [-0.39, 0.29) is 22.7 Å². The van der Waals surface area contributed by atoms with Gasteiger partial charge in [-0.3, -0.25) is 9.36 Å². The average molecular weight is 399 g/mol. The molecule has 0 saturated heterocycles. The number of hydrogen-bond acceptors (Lipinski definition) is 6. The van der Waals surface area contributed by atoms with E-state index in [0.29, 0.717) is 22.8 Å². The van der Waals surface area contributed by atoms with Crippen LogP contribution in [0.25, 0.3) is 5.82 Å². The van der Waals surface area contributed by atoms with Crippen LogP contribution in [0.5, 0.6) is 11.5 Å². The fourth-order valence-electron chi connectivity index (χ4n) is 3.17. The first-order valence-corrected chi connectivity index (χ1v) is 8.70. The number of anilines is 1. The van der Waals surface area contributed by atoms with Crippen molar-refractivity contribution >= 4 is 17.6 Å². The van der Waals surface area contributed by atoms with Crippen molar-refractivity contribution in [3.05, 3.63) is 52.5 Å². The number of aryl methyl sites for hydroxylation is 2. The number of ether oxygens (including phenoxy) is 2. The molecule has 3 rings (SSSR count). The molecule has 1 aromatic carbocycles. The number of nitrogens with zero attached hydrogens (tertiary/aromatic N) is 2. The van der Waals surface area contributed by atoms with Crippen molar-refractivity contribution in [3.8, 4) is 17.3 Å². The lowest BCUT2D eigenvalue weighted by Gasteiger charge is -2.15. The largest absolute Gasteiger partial charge is 0.493 e. The van der Waals surface area contributed by atoms with Gasteiger partial charge in [0.1, 0.15) is 5.76 Å². The molecule has 0 atom stereocenters. The van der Waals surface area contributed by atoms with Crippen LogP contribution in [0.4, 0.5) is 5.69 Å². The molecule has 0 aliphatic carbocycles. The summed E-state index contributed by atoms with van der Waals surface area (Å²) < 4.78 is 17.4. The van der Waals surface area contributed by atoms with Crippen molar-refractivity contribution in [2.45, 2.75) is 20.8 Å². The van der Waals surface area contributed by atoms with Gasteiger partial charge in [-0.1, -0.05) is 5.16 Å². The molecule has 2 aromatic heterocycles. The lowest BCUT2D eigenvalue weighted by molar-refractivity contribution is 0.0696. The molecule has 0 spiro atoms. The molecule has 9 nitrogen and oxygen atoms in total. The SMILES string of the molecule is COc1cc(C(=O)O)cc(NC(=O)c2cc(C)n(-c3cc(C)on3)c2C)c1OC. The molecule has 0 bridgehead atoms. The number of amides is 1. The smallest absolute Gasteiger partial charge is 0.335 e. The molecule has 29 heavy (non-hydrogen) atoms. The fraction of sp³-hybridized carbons (Fsp3) is 0.250. The number of carbonyl (C=O) groups excluding carboxylic acids is 1. The summed E-state index contributed by atoms with van der Waals surface area (Å²) in [5.41, 5.74) is 2.01. The number of carboxylic acid groups (broad SMARTS) is 1. The first-order valence-electron chi connectivity index (χ1n) is 8.70. The Morgan fingerprint density at radius 1 is 1.10 bits per heavy atom. The maximum Gasteiger partial charge on any atom is 0.335 e. The van der Waals surface area contributed by atoms with E-state index in [0.717, 1.165) is 5.69 Å². The van der Waals surface area contributed by atoms with Crippen molar-refractivity contribution in [3.63, 3.8) is 0 Å². The summed E-state index contributed by atoms with van der Waals surface area (Å²) in [6.45, 7) is 5.42. The number of carboxylic acids is 1. The second-order valence-electron chi connectivity index (χ2n) is 6.43. The third kappa shape index (κ3) is 3.66. The van der Waals surface area contributed by atoms with Gasteiger partial charge in [-0.2, -0.15) is 0 Å². The summed E-state index contributed by atoms with van der Waals surface area (Å²) in [5.74, 6) is 0.0796. The first-order chi connectivity index (χ1) is 13.8. The molecule has 0 saturated carbocycles. The second kappa shape index (κ2) is 7.70. The maximum absolute atomic E-state index is 13.0. The highest BCUT2D eigenvalue weighted by atomic mass is 16.5. The van der Waals surface area contributed by atoms with E-state index in [4.69, 9.17) is 14.0 Å². The van der Waals surface area contributed by atoms with Crippen LogP contribution in [-0.4, -0.2) is 40.9 Å². The molecule has 2 heterocycles. The molecule has 1 amide bonds. The van der Waals surface area contributed by atoms with E-state index in [1.54, 1.807) is 30.5 Å². The Balaban J connectivity index is 2.01. The Bertz CT molecular complexity index is 1100. The van der Waals surface area contributed by atoms with Crippen molar-refractivity contribution in [2.75, 3.05) is 19.5 Å². The number of nitrogens with one attached hydrogen (secondary N) is 1. The van der Waals surface area contributed by atoms with Crippen LogP contribution in [-0.2, 0) is 0 Å². The minimum absolute atomic E-state index is 0.0403. The predicted octanol–water partition coefficient (Wildman–Crippen LogP) is 3.36. The topological polar surface area (TPSA) is 116 Å². The predicted molar refractivity (Wildman–Crippen MR) is 104 cm³/mol. The van der Waals surface area contributed by atoms with E-state index < -0.39 is 11.9 Å². The summed E-state index contributed by atoms with van der Waals surface area (Å²) in [5, 5.41) is 16.0. The zero-order valence-corrected chi connectivity index (χ0v) is 16.7. The molecule has 9 heteroatoms. The molecule has 0 aliphatic heterocycles. The molecule has 152 valence electrons. The highest BCUT2D eigenvalue weighted by Crippen LogP contribution is 2.37. The maximum atomic E-state index is 13.0. The van der Waals surface area contributed by atoms with Gasteiger partial charge in [-0.15, -0.1) is 0 Å².